The molecule has 2 aromatic heterocycles. The molecule has 1 atom stereocenters. The number of aryl methyl sites for hydroxylation is 1. The summed E-state index contributed by atoms with van der Waals surface area (Å²) >= 11 is 2.86. The van der Waals surface area contributed by atoms with E-state index in [1.807, 2.05) is 30.7 Å². The first kappa shape index (κ1) is 17.6. The second-order valence-electron chi connectivity index (χ2n) is 6.05. The zero-order valence-corrected chi connectivity index (χ0v) is 16.0. The fraction of sp³-hybridized carbons (Fsp3) is 0.533. The van der Waals surface area contributed by atoms with Crippen LogP contribution in [0.1, 0.15) is 26.8 Å². The van der Waals surface area contributed by atoms with Crippen molar-refractivity contribution in [2.45, 2.75) is 24.9 Å². The van der Waals surface area contributed by atoms with E-state index in [-0.39, 0.29) is 23.2 Å². The quantitative estimate of drug-likeness (QED) is 0.560. The smallest absolute Gasteiger partial charge is 0.191 e. The van der Waals surface area contributed by atoms with Gasteiger partial charge in [-0.05, 0) is 31.4 Å². The maximum Gasteiger partial charge on any atom is 0.191 e. The molecule has 0 aromatic carbocycles. The zero-order valence-electron chi connectivity index (χ0n) is 13.6. The highest BCUT2D eigenvalue weighted by molar-refractivity contribution is 7.99. The van der Waals surface area contributed by atoms with Crippen LogP contribution in [0.15, 0.2) is 17.3 Å². The summed E-state index contributed by atoms with van der Waals surface area (Å²) < 4.78 is 25.0. The highest BCUT2D eigenvalue weighted by atomic mass is 32.2. The number of aromatic nitrogens is 3. The van der Waals surface area contributed by atoms with E-state index in [0.717, 1.165) is 15.6 Å². The van der Waals surface area contributed by atoms with Gasteiger partial charge in [-0.3, -0.25) is 4.79 Å². The summed E-state index contributed by atoms with van der Waals surface area (Å²) in [5.74, 6) is 1.81. The molecule has 0 saturated carbocycles. The zero-order chi connectivity index (χ0) is 17.3. The maximum absolute atomic E-state index is 12.2. The fourth-order valence-corrected chi connectivity index (χ4v) is 6.30. The van der Waals surface area contributed by atoms with E-state index < -0.39 is 9.84 Å². The molecule has 0 bridgehead atoms. The molecule has 2 aromatic rings. The van der Waals surface area contributed by atoms with Gasteiger partial charge in [0.1, 0.15) is 5.82 Å². The van der Waals surface area contributed by atoms with E-state index in [4.69, 9.17) is 0 Å². The summed E-state index contributed by atoms with van der Waals surface area (Å²) in [6.07, 6.45) is 1.30. The average molecular weight is 386 g/mol. The molecule has 9 heteroatoms. The Morgan fingerprint density at radius 3 is 2.83 bits per heavy atom. The van der Waals surface area contributed by atoms with Gasteiger partial charge in [0, 0.05) is 18.3 Å². The van der Waals surface area contributed by atoms with Crippen molar-refractivity contribution in [2.75, 3.05) is 17.3 Å². The van der Waals surface area contributed by atoms with E-state index in [1.165, 1.54) is 23.1 Å². The number of thiophene rings is 1. The third kappa shape index (κ3) is 4.07. The number of ketones is 1. The number of rotatable bonds is 6. The Hall–Kier alpha value is -1.19. The monoisotopic (exact) mass is 385 g/mol. The predicted molar refractivity (Wildman–Crippen MR) is 95.6 cm³/mol. The van der Waals surface area contributed by atoms with Crippen LogP contribution < -0.4 is 0 Å². The Morgan fingerprint density at radius 1 is 1.42 bits per heavy atom. The molecular formula is C15H19N3O3S3. The molecule has 1 aliphatic heterocycles. The Labute approximate surface area is 149 Å². The van der Waals surface area contributed by atoms with Crippen molar-refractivity contribution in [1.82, 2.24) is 14.8 Å². The number of thioether (sulfide) groups is 1. The lowest BCUT2D eigenvalue weighted by atomic mass is 10.1. The van der Waals surface area contributed by atoms with Crippen molar-refractivity contribution >= 4 is 38.7 Å². The van der Waals surface area contributed by atoms with Crippen LogP contribution in [0.5, 0.6) is 0 Å². The number of nitrogens with zero attached hydrogens (tertiary/aromatic N) is 3. The van der Waals surface area contributed by atoms with E-state index in [1.54, 1.807) is 0 Å². The first-order chi connectivity index (χ1) is 11.3. The molecular weight excluding hydrogens is 366 g/mol. The van der Waals surface area contributed by atoms with E-state index in [0.29, 0.717) is 23.8 Å². The van der Waals surface area contributed by atoms with Crippen LogP contribution in [0, 0.1) is 12.8 Å². The lowest BCUT2D eigenvalue weighted by molar-refractivity contribution is 0.102. The summed E-state index contributed by atoms with van der Waals surface area (Å²) in [5, 5.41) is 9.00. The summed E-state index contributed by atoms with van der Waals surface area (Å²) in [7, 11) is -1.02. The molecule has 0 unspecified atom stereocenters. The van der Waals surface area contributed by atoms with Crippen molar-refractivity contribution in [1.29, 1.82) is 0 Å². The molecule has 130 valence electrons. The van der Waals surface area contributed by atoms with Gasteiger partial charge in [-0.25, -0.2) is 8.42 Å². The molecule has 0 N–H and O–H groups in total. The molecule has 3 heterocycles. The Bertz CT molecular complexity index is 854. The van der Waals surface area contributed by atoms with Gasteiger partial charge in [0.2, 0.25) is 0 Å². The normalized spacial score (nSPS) is 19.7. The average Bonchev–Trinajstić information content (AvgIpc) is 3.19. The van der Waals surface area contributed by atoms with Gasteiger partial charge in [-0.2, -0.15) is 0 Å². The van der Waals surface area contributed by atoms with Gasteiger partial charge >= 0.3 is 0 Å². The summed E-state index contributed by atoms with van der Waals surface area (Å²) in [4.78, 5) is 14.0. The fourth-order valence-electron chi connectivity index (χ4n) is 2.73. The summed E-state index contributed by atoms with van der Waals surface area (Å²) in [6, 6.07) is 3.80. The number of hydrogen-bond acceptors (Lipinski definition) is 7. The highest BCUT2D eigenvalue weighted by Gasteiger charge is 2.29. The third-order valence-electron chi connectivity index (χ3n) is 4.07. The molecule has 1 aliphatic rings. The minimum absolute atomic E-state index is 0.0875. The van der Waals surface area contributed by atoms with Crippen LogP contribution in [-0.2, 0) is 23.3 Å². The largest absolute Gasteiger partial charge is 0.309 e. The highest BCUT2D eigenvalue weighted by Crippen LogP contribution is 2.25. The van der Waals surface area contributed by atoms with Crippen molar-refractivity contribution in [3.8, 4) is 0 Å². The van der Waals surface area contributed by atoms with E-state index in [2.05, 4.69) is 10.2 Å². The minimum atomic E-state index is -2.88. The molecule has 3 rings (SSSR count). The topological polar surface area (TPSA) is 81.9 Å². The molecule has 0 spiro atoms. The summed E-state index contributed by atoms with van der Waals surface area (Å²) in [5.41, 5.74) is 0. The van der Waals surface area contributed by atoms with Gasteiger partial charge in [-0.15, -0.1) is 21.5 Å². The van der Waals surface area contributed by atoms with Crippen LogP contribution in [0.3, 0.4) is 0 Å². The molecule has 6 nitrogen and oxygen atoms in total. The van der Waals surface area contributed by atoms with Gasteiger partial charge in [0.25, 0.3) is 0 Å². The van der Waals surface area contributed by atoms with E-state index >= 15 is 0 Å². The molecule has 1 fully saturated rings. The van der Waals surface area contributed by atoms with Crippen LogP contribution in [0.2, 0.25) is 0 Å². The van der Waals surface area contributed by atoms with Gasteiger partial charge in [-0.1, -0.05) is 11.8 Å². The number of Topliss-reactive ketones (excluding diaryl/α,β-unsaturated/α-hetero) is 1. The van der Waals surface area contributed by atoms with Gasteiger partial charge in [0.05, 0.1) is 22.1 Å². The van der Waals surface area contributed by atoms with Crippen molar-refractivity contribution in [2.24, 2.45) is 13.0 Å². The molecule has 1 saturated heterocycles. The minimum Gasteiger partial charge on any atom is -0.309 e. The Balaban J connectivity index is 1.60. The first-order valence-corrected chi connectivity index (χ1v) is 11.3. The summed E-state index contributed by atoms with van der Waals surface area (Å²) in [6.45, 7) is 1.98. The predicted octanol–water partition coefficient (Wildman–Crippen LogP) is 2.14. The number of carbonyl (C=O) groups excluding carboxylic acids is 1. The second-order valence-corrected chi connectivity index (χ2v) is 10.5. The second kappa shape index (κ2) is 6.97. The van der Waals surface area contributed by atoms with Crippen LogP contribution >= 0.6 is 23.1 Å². The van der Waals surface area contributed by atoms with Crippen LogP contribution in [0.25, 0.3) is 0 Å². The van der Waals surface area contributed by atoms with Crippen molar-refractivity contribution in [3.63, 3.8) is 0 Å². The third-order valence-corrected chi connectivity index (χ3v) is 7.97. The molecule has 0 radical (unpaired) electrons. The Kier molecular flexibility index (Phi) is 5.12. The molecule has 24 heavy (non-hydrogen) atoms. The lowest BCUT2D eigenvalue weighted by Crippen LogP contribution is -2.11. The van der Waals surface area contributed by atoms with Gasteiger partial charge in [0.15, 0.2) is 20.8 Å². The molecule has 0 amide bonds. The SMILES string of the molecule is Cc1ccc(C(=O)CSc2nnc(C[C@H]3CCS(=O)(=O)C3)n2C)s1. The van der Waals surface area contributed by atoms with Crippen LogP contribution in [0.4, 0.5) is 0 Å². The van der Waals surface area contributed by atoms with Crippen molar-refractivity contribution < 1.29 is 13.2 Å². The van der Waals surface area contributed by atoms with Crippen molar-refractivity contribution in [3.05, 3.63) is 27.7 Å². The number of carbonyl (C=O) groups is 1. The van der Waals surface area contributed by atoms with Gasteiger partial charge < -0.3 is 4.57 Å². The lowest BCUT2D eigenvalue weighted by Gasteiger charge is -2.07. The molecule has 0 aliphatic carbocycles. The number of sulfone groups is 1. The maximum atomic E-state index is 12.2. The standard InChI is InChI=1S/C15H19N3O3S3/c1-10-3-4-13(23-10)12(19)8-22-15-17-16-14(18(15)2)7-11-5-6-24(20,21)9-11/h3-4,11H,5-9H2,1-2H3/t11-/m1/s1. The van der Waals surface area contributed by atoms with E-state index in [9.17, 15) is 13.2 Å². The number of hydrogen-bond donors (Lipinski definition) is 0. The first-order valence-electron chi connectivity index (χ1n) is 7.65. The van der Waals surface area contributed by atoms with Crippen LogP contribution in [-0.4, -0.2) is 46.2 Å². The Morgan fingerprint density at radius 2 is 2.21 bits per heavy atom.